The quantitative estimate of drug-likeness (QED) is 0.726. The number of carbonyl (C=O) groups is 1. The summed E-state index contributed by atoms with van der Waals surface area (Å²) in [6, 6.07) is 23.2. The maximum absolute atomic E-state index is 12.0. The molecule has 0 heterocycles. The van der Waals surface area contributed by atoms with E-state index in [0.29, 0.717) is 5.56 Å². The molecule has 0 saturated carbocycles. The molecule has 92 valence electrons. The van der Waals surface area contributed by atoms with Crippen molar-refractivity contribution in [3.05, 3.63) is 78.4 Å². The lowest BCUT2D eigenvalue weighted by Gasteiger charge is -2.06. The maximum Gasteiger partial charge on any atom is 0.255 e. The van der Waals surface area contributed by atoms with E-state index in [9.17, 15) is 4.79 Å². The van der Waals surface area contributed by atoms with Gasteiger partial charge in [-0.2, -0.15) is 0 Å². The smallest absolute Gasteiger partial charge is 0.255 e. The zero-order valence-electron chi connectivity index (χ0n) is 10.3. The van der Waals surface area contributed by atoms with Gasteiger partial charge in [-0.25, -0.2) is 0 Å². The molecule has 0 unspecified atom stereocenters. The van der Waals surface area contributed by atoms with E-state index < -0.39 is 0 Å². The molecule has 0 atom stereocenters. The van der Waals surface area contributed by atoms with Crippen molar-refractivity contribution in [2.45, 2.75) is 0 Å². The third kappa shape index (κ3) is 2.47. The van der Waals surface area contributed by atoms with Gasteiger partial charge in [0.15, 0.2) is 0 Å². The Hall–Kier alpha value is -2.61. The Morgan fingerprint density at radius 1 is 0.737 bits per heavy atom. The monoisotopic (exact) mass is 247 g/mol. The highest BCUT2D eigenvalue weighted by atomic mass is 16.1. The van der Waals surface area contributed by atoms with Gasteiger partial charge < -0.3 is 5.32 Å². The van der Waals surface area contributed by atoms with Crippen molar-refractivity contribution in [2.24, 2.45) is 0 Å². The molecule has 0 fully saturated rings. The summed E-state index contributed by atoms with van der Waals surface area (Å²) in [6.45, 7) is 0. The van der Waals surface area contributed by atoms with Crippen molar-refractivity contribution >= 4 is 22.4 Å². The normalized spacial score (nSPS) is 10.3. The molecular formula is C17H13NO. The fourth-order valence-corrected chi connectivity index (χ4v) is 2.06. The van der Waals surface area contributed by atoms with Gasteiger partial charge in [0, 0.05) is 11.3 Å². The molecule has 3 aromatic rings. The number of anilines is 1. The summed E-state index contributed by atoms with van der Waals surface area (Å²) in [5.41, 5.74) is 1.48. The van der Waals surface area contributed by atoms with E-state index in [1.54, 1.807) is 12.1 Å². The third-order valence-corrected chi connectivity index (χ3v) is 3.04. The Morgan fingerprint density at radius 3 is 2.21 bits per heavy atom. The van der Waals surface area contributed by atoms with Crippen LogP contribution in [-0.2, 0) is 0 Å². The molecule has 0 saturated heterocycles. The third-order valence-electron chi connectivity index (χ3n) is 3.04. The molecule has 3 aromatic carbocycles. The number of rotatable bonds is 2. The second-order valence-electron chi connectivity index (χ2n) is 4.38. The average Bonchev–Trinajstić information content (AvgIpc) is 2.48. The number of fused-ring (bicyclic) bond motifs is 1. The van der Waals surface area contributed by atoms with Gasteiger partial charge >= 0.3 is 0 Å². The molecule has 0 bridgehead atoms. The maximum atomic E-state index is 12.0. The molecule has 19 heavy (non-hydrogen) atoms. The standard InChI is InChI=1S/C17H13NO/c19-17(14-7-2-1-3-8-14)18-16-11-10-13-6-4-5-9-15(13)12-16/h1-12H,(H,18,19). The molecule has 2 heteroatoms. The average molecular weight is 247 g/mol. The summed E-state index contributed by atoms with van der Waals surface area (Å²) >= 11 is 0. The minimum atomic E-state index is -0.0871. The van der Waals surface area contributed by atoms with Gasteiger partial charge in [0.25, 0.3) is 5.91 Å². The van der Waals surface area contributed by atoms with E-state index in [2.05, 4.69) is 11.4 Å². The van der Waals surface area contributed by atoms with Crippen LogP contribution in [0.15, 0.2) is 72.8 Å². The molecule has 0 aliphatic rings. The van der Waals surface area contributed by atoms with Crippen LogP contribution in [0.5, 0.6) is 0 Å². The van der Waals surface area contributed by atoms with Gasteiger partial charge in [-0.15, -0.1) is 0 Å². The van der Waals surface area contributed by atoms with Crippen LogP contribution in [0.25, 0.3) is 10.8 Å². The highest BCUT2D eigenvalue weighted by Crippen LogP contribution is 2.19. The largest absolute Gasteiger partial charge is 0.322 e. The Labute approximate surface area is 111 Å². The van der Waals surface area contributed by atoms with Crippen molar-refractivity contribution in [3.63, 3.8) is 0 Å². The molecule has 0 aliphatic heterocycles. The van der Waals surface area contributed by atoms with Crippen LogP contribution >= 0.6 is 0 Å². The fourth-order valence-electron chi connectivity index (χ4n) is 2.06. The summed E-state index contributed by atoms with van der Waals surface area (Å²) in [6.07, 6.45) is 0. The minimum Gasteiger partial charge on any atom is -0.322 e. The Bertz CT molecular complexity index is 719. The summed E-state index contributed by atoms with van der Waals surface area (Å²) in [4.78, 5) is 12.0. The first kappa shape index (κ1) is 11.5. The van der Waals surface area contributed by atoms with E-state index in [0.717, 1.165) is 11.1 Å². The number of amides is 1. The Morgan fingerprint density at radius 2 is 1.42 bits per heavy atom. The fraction of sp³-hybridized carbons (Fsp3) is 0. The molecule has 1 N–H and O–H groups in total. The molecule has 0 radical (unpaired) electrons. The second-order valence-corrected chi connectivity index (χ2v) is 4.38. The summed E-state index contributed by atoms with van der Waals surface area (Å²) in [5.74, 6) is -0.0871. The molecule has 0 spiro atoms. The number of benzene rings is 3. The molecule has 0 aliphatic carbocycles. The first-order valence-corrected chi connectivity index (χ1v) is 6.18. The van der Waals surface area contributed by atoms with Gasteiger partial charge in [-0.1, -0.05) is 48.5 Å². The first-order chi connectivity index (χ1) is 9.33. The second kappa shape index (κ2) is 4.94. The van der Waals surface area contributed by atoms with Gasteiger partial charge in [-0.3, -0.25) is 4.79 Å². The first-order valence-electron chi connectivity index (χ1n) is 6.18. The van der Waals surface area contributed by atoms with Crippen LogP contribution in [0.3, 0.4) is 0 Å². The van der Waals surface area contributed by atoms with Crippen molar-refractivity contribution in [1.29, 1.82) is 0 Å². The number of hydrogen-bond acceptors (Lipinski definition) is 1. The van der Waals surface area contributed by atoms with Crippen LogP contribution in [0.1, 0.15) is 10.4 Å². The summed E-state index contributed by atoms with van der Waals surface area (Å²) < 4.78 is 0. The van der Waals surface area contributed by atoms with Crippen LogP contribution in [0.2, 0.25) is 0 Å². The summed E-state index contributed by atoms with van der Waals surface area (Å²) in [7, 11) is 0. The molecule has 1 amide bonds. The van der Waals surface area contributed by atoms with Gasteiger partial charge in [-0.05, 0) is 35.0 Å². The minimum absolute atomic E-state index is 0.0871. The lowest BCUT2D eigenvalue weighted by molar-refractivity contribution is 0.102. The predicted octanol–water partition coefficient (Wildman–Crippen LogP) is 4.09. The van der Waals surface area contributed by atoms with Crippen LogP contribution in [0.4, 0.5) is 5.69 Å². The zero-order chi connectivity index (χ0) is 13.1. The van der Waals surface area contributed by atoms with Crippen LogP contribution in [-0.4, -0.2) is 5.91 Å². The van der Waals surface area contributed by atoms with E-state index in [-0.39, 0.29) is 5.91 Å². The summed E-state index contributed by atoms with van der Waals surface area (Å²) in [5, 5.41) is 5.20. The zero-order valence-corrected chi connectivity index (χ0v) is 10.3. The van der Waals surface area contributed by atoms with Gasteiger partial charge in [0.2, 0.25) is 0 Å². The molecule has 3 rings (SSSR count). The van der Waals surface area contributed by atoms with E-state index in [1.165, 1.54) is 5.39 Å². The predicted molar refractivity (Wildman–Crippen MR) is 78.3 cm³/mol. The number of carbonyl (C=O) groups excluding carboxylic acids is 1. The van der Waals surface area contributed by atoms with Crippen molar-refractivity contribution in [3.8, 4) is 0 Å². The van der Waals surface area contributed by atoms with Crippen LogP contribution in [0, 0.1) is 0 Å². The van der Waals surface area contributed by atoms with E-state index in [1.807, 2.05) is 54.6 Å². The van der Waals surface area contributed by atoms with E-state index in [4.69, 9.17) is 0 Å². The lowest BCUT2D eigenvalue weighted by atomic mass is 10.1. The molecule has 2 nitrogen and oxygen atoms in total. The van der Waals surface area contributed by atoms with Crippen LogP contribution < -0.4 is 5.32 Å². The molecular weight excluding hydrogens is 234 g/mol. The Balaban J connectivity index is 1.87. The van der Waals surface area contributed by atoms with Gasteiger partial charge in [0.1, 0.15) is 0 Å². The van der Waals surface area contributed by atoms with Gasteiger partial charge in [0.05, 0.1) is 0 Å². The van der Waals surface area contributed by atoms with Crippen molar-refractivity contribution in [1.82, 2.24) is 0 Å². The number of nitrogens with one attached hydrogen (secondary N) is 1. The highest BCUT2D eigenvalue weighted by molar-refractivity contribution is 6.05. The van der Waals surface area contributed by atoms with Crippen molar-refractivity contribution in [2.75, 3.05) is 5.32 Å². The van der Waals surface area contributed by atoms with E-state index >= 15 is 0 Å². The number of hydrogen-bond donors (Lipinski definition) is 1. The SMILES string of the molecule is O=C(Nc1ccc2ccccc2c1)c1ccccc1. The highest BCUT2D eigenvalue weighted by Gasteiger charge is 2.05. The lowest BCUT2D eigenvalue weighted by Crippen LogP contribution is -2.11. The van der Waals surface area contributed by atoms with Crippen molar-refractivity contribution < 1.29 is 4.79 Å². The molecule has 0 aromatic heterocycles. The Kier molecular flexibility index (Phi) is 2.99. The topological polar surface area (TPSA) is 29.1 Å².